The lowest BCUT2D eigenvalue weighted by Crippen LogP contribution is -2.36. The fourth-order valence-corrected chi connectivity index (χ4v) is 4.27. The van der Waals surface area contributed by atoms with Gasteiger partial charge >= 0.3 is 6.03 Å². The molecule has 2 aromatic carbocycles. The number of benzene rings is 2. The Labute approximate surface area is 194 Å². The topological polar surface area (TPSA) is 91.4 Å². The Bertz CT molecular complexity index is 1100. The van der Waals surface area contributed by atoms with Crippen LogP contribution in [0.4, 0.5) is 22.2 Å². The van der Waals surface area contributed by atoms with Crippen molar-refractivity contribution in [2.75, 3.05) is 43.3 Å². The fraction of sp³-hybridized carbons (Fsp3) is 0.400. The summed E-state index contributed by atoms with van der Waals surface area (Å²) in [6.07, 6.45) is 4.14. The highest BCUT2D eigenvalue weighted by atomic mass is 16.5. The minimum absolute atomic E-state index is 0.190. The molecule has 0 atom stereocenters. The number of urea groups is 1. The average molecular weight is 449 g/mol. The van der Waals surface area contributed by atoms with Crippen molar-refractivity contribution >= 4 is 34.4 Å². The van der Waals surface area contributed by atoms with Crippen LogP contribution in [0.5, 0.6) is 5.75 Å². The lowest BCUT2D eigenvalue weighted by atomic mass is 9.86. The van der Waals surface area contributed by atoms with Gasteiger partial charge in [0.2, 0.25) is 5.95 Å². The second-order valence-corrected chi connectivity index (χ2v) is 8.71. The van der Waals surface area contributed by atoms with Gasteiger partial charge in [-0.25, -0.2) is 9.78 Å². The SMILES string of the molecule is COc1cccc(NC(=O)NCC2CCC(Nc3nc(N(C)C)c4ccccc4n3)CC2)c1. The molecule has 2 amide bonds. The van der Waals surface area contributed by atoms with E-state index in [1.807, 2.05) is 55.4 Å². The molecule has 4 rings (SSSR count). The van der Waals surface area contributed by atoms with E-state index in [1.165, 1.54) is 0 Å². The van der Waals surface area contributed by atoms with Crippen molar-refractivity contribution in [1.82, 2.24) is 15.3 Å². The van der Waals surface area contributed by atoms with Gasteiger partial charge in [0.05, 0.1) is 12.6 Å². The van der Waals surface area contributed by atoms with Crippen LogP contribution in [0.1, 0.15) is 25.7 Å². The zero-order chi connectivity index (χ0) is 23.2. The van der Waals surface area contributed by atoms with Crippen LogP contribution in [0.25, 0.3) is 10.9 Å². The molecule has 0 radical (unpaired) electrons. The molecule has 1 fully saturated rings. The van der Waals surface area contributed by atoms with Crippen LogP contribution in [-0.4, -0.2) is 49.8 Å². The Kier molecular flexibility index (Phi) is 7.12. The molecule has 0 saturated heterocycles. The lowest BCUT2D eigenvalue weighted by Gasteiger charge is -2.29. The summed E-state index contributed by atoms with van der Waals surface area (Å²) in [4.78, 5) is 23.8. The molecule has 8 nitrogen and oxygen atoms in total. The summed E-state index contributed by atoms with van der Waals surface area (Å²) >= 11 is 0. The van der Waals surface area contributed by atoms with Gasteiger partial charge in [0.15, 0.2) is 0 Å². The van der Waals surface area contributed by atoms with Crippen LogP contribution in [0.3, 0.4) is 0 Å². The quantitative estimate of drug-likeness (QED) is 0.493. The number of hydrogen-bond acceptors (Lipinski definition) is 6. The maximum Gasteiger partial charge on any atom is 0.319 e. The Morgan fingerprint density at radius 1 is 1.06 bits per heavy atom. The van der Waals surface area contributed by atoms with Crippen LogP contribution in [0.2, 0.25) is 0 Å². The molecule has 174 valence electrons. The van der Waals surface area contributed by atoms with Crippen molar-refractivity contribution < 1.29 is 9.53 Å². The molecule has 1 saturated carbocycles. The fourth-order valence-electron chi connectivity index (χ4n) is 4.27. The monoisotopic (exact) mass is 448 g/mol. The molecule has 1 aliphatic rings. The van der Waals surface area contributed by atoms with Gasteiger partial charge in [-0.3, -0.25) is 0 Å². The minimum atomic E-state index is -0.190. The standard InChI is InChI=1S/C25H32N6O2/c1-31(2)23-21-9-4-5-10-22(21)29-24(30-23)27-18-13-11-17(12-14-18)16-26-25(32)28-19-7-6-8-20(15-19)33-3/h4-10,15,17-18H,11-14,16H2,1-3H3,(H2,26,28,32)(H,27,29,30). The summed E-state index contributed by atoms with van der Waals surface area (Å²) in [7, 11) is 5.61. The van der Waals surface area contributed by atoms with Gasteiger partial charge in [-0.2, -0.15) is 4.98 Å². The van der Waals surface area contributed by atoms with E-state index in [2.05, 4.69) is 22.0 Å². The first-order valence-electron chi connectivity index (χ1n) is 11.4. The number of ether oxygens (including phenoxy) is 1. The molecule has 1 aliphatic carbocycles. The molecule has 0 spiro atoms. The van der Waals surface area contributed by atoms with Crippen LogP contribution < -0.4 is 25.6 Å². The molecule has 1 aromatic heterocycles. The summed E-state index contributed by atoms with van der Waals surface area (Å²) < 4.78 is 5.19. The maximum atomic E-state index is 12.3. The van der Waals surface area contributed by atoms with E-state index in [0.29, 0.717) is 35.9 Å². The van der Waals surface area contributed by atoms with Crippen molar-refractivity contribution in [3.63, 3.8) is 0 Å². The number of anilines is 3. The zero-order valence-electron chi connectivity index (χ0n) is 19.5. The first-order valence-corrected chi connectivity index (χ1v) is 11.4. The van der Waals surface area contributed by atoms with Crippen molar-refractivity contribution in [1.29, 1.82) is 0 Å². The highest BCUT2D eigenvalue weighted by Gasteiger charge is 2.22. The number of aromatic nitrogens is 2. The van der Waals surface area contributed by atoms with E-state index in [9.17, 15) is 4.79 Å². The number of fused-ring (bicyclic) bond motifs is 1. The number of nitrogens with zero attached hydrogens (tertiary/aromatic N) is 3. The Hall–Kier alpha value is -3.55. The van der Waals surface area contributed by atoms with Crippen LogP contribution in [0.15, 0.2) is 48.5 Å². The van der Waals surface area contributed by atoms with E-state index in [4.69, 9.17) is 14.7 Å². The van der Waals surface area contributed by atoms with Gasteiger partial charge in [-0.05, 0) is 55.9 Å². The second-order valence-electron chi connectivity index (χ2n) is 8.71. The zero-order valence-corrected chi connectivity index (χ0v) is 19.5. The van der Waals surface area contributed by atoms with Crippen LogP contribution in [0, 0.1) is 5.92 Å². The molecular weight excluding hydrogens is 416 g/mol. The summed E-state index contributed by atoms with van der Waals surface area (Å²) in [6.45, 7) is 0.666. The highest BCUT2D eigenvalue weighted by Crippen LogP contribution is 2.28. The Balaban J connectivity index is 1.26. The third kappa shape index (κ3) is 5.83. The summed E-state index contributed by atoms with van der Waals surface area (Å²) in [6, 6.07) is 15.6. The third-order valence-corrected chi connectivity index (χ3v) is 6.07. The predicted molar refractivity (Wildman–Crippen MR) is 133 cm³/mol. The molecule has 8 heteroatoms. The van der Waals surface area contributed by atoms with Gasteiger partial charge in [0.1, 0.15) is 11.6 Å². The van der Waals surface area contributed by atoms with Crippen molar-refractivity contribution in [2.45, 2.75) is 31.7 Å². The van der Waals surface area contributed by atoms with E-state index in [1.54, 1.807) is 13.2 Å². The number of carbonyl (C=O) groups is 1. The first kappa shape index (κ1) is 22.6. The Morgan fingerprint density at radius 3 is 2.61 bits per heavy atom. The number of rotatable bonds is 7. The van der Waals surface area contributed by atoms with Crippen LogP contribution >= 0.6 is 0 Å². The lowest BCUT2D eigenvalue weighted by molar-refractivity contribution is 0.246. The van der Waals surface area contributed by atoms with Crippen molar-refractivity contribution in [3.05, 3.63) is 48.5 Å². The van der Waals surface area contributed by atoms with Gasteiger partial charge in [0, 0.05) is 43.8 Å². The summed E-state index contributed by atoms with van der Waals surface area (Å²) in [5.74, 6) is 2.78. The van der Waals surface area contributed by atoms with Gasteiger partial charge < -0.3 is 25.6 Å². The molecule has 33 heavy (non-hydrogen) atoms. The normalized spacial score (nSPS) is 17.9. The van der Waals surface area contributed by atoms with Gasteiger partial charge in [-0.1, -0.05) is 18.2 Å². The van der Waals surface area contributed by atoms with Crippen molar-refractivity contribution in [3.8, 4) is 5.75 Å². The molecule has 0 aliphatic heterocycles. The minimum Gasteiger partial charge on any atom is -0.497 e. The average Bonchev–Trinajstić information content (AvgIpc) is 2.83. The number of para-hydroxylation sites is 1. The summed E-state index contributed by atoms with van der Waals surface area (Å²) in [5, 5.41) is 10.5. The predicted octanol–water partition coefficient (Wildman–Crippen LogP) is 4.50. The smallest absolute Gasteiger partial charge is 0.319 e. The summed E-state index contributed by atoms with van der Waals surface area (Å²) in [5.41, 5.74) is 1.66. The highest BCUT2D eigenvalue weighted by molar-refractivity contribution is 5.90. The largest absolute Gasteiger partial charge is 0.497 e. The van der Waals surface area contributed by atoms with E-state index in [-0.39, 0.29) is 6.03 Å². The van der Waals surface area contributed by atoms with E-state index < -0.39 is 0 Å². The number of nitrogens with one attached hydrogen (secondary N) is 3. The van der Waals surface area contributed by atoms with Gasteiger partial charge in [0.25, 0.3) is 0 Å². The molecule has 3 aromatic rings. The van der Waals surface area contributed by atoms with E-state index in [0.717, 1.165) is 42.4 Å². The number of amides is 2. The maximum absolute atomic E-state index is 12.3. The van der Waals surface area contributed by atoms with Crippen LogP contribution in [-0.2, 0) is 0 Å². The van der Waals surface area contributed by atoms with Gasteiger partial charge in [-0.15, -0.1) is 0 Å². The second kappa shape index (κ2) is 10.4. The number of carbonyl (C=O) groups excluding carboxylic acids is 1. The number of hydrogen-bond donors (Lipinski definition) is 3. The molecule has 0 bridgehead atoms. The molecule has 1 heterocycles. The van der Waals surface area contributed by atoms with E-state index >= 15 is 0 Å². The van der Waals surface area contributed by atoms with Crippen molar-refractivity contribution in [2.24, 2.45) is 5.92 Å². The molecule has 0 unspecified atom stereocenters. The molecule has 3 N–H and O–H groups in total. The first-order chi connectivity index (χ1) is 16.0. The number of methoxy groups -OCH3 is 1. The Morgan fingerprint density at radius 2 is 1.85 bits per heavy atom. The third-order valence-electron chi connectivity index (χ3n) is 6.07. The molecular formula is C25H32N6O2.